The van der Waals surface area contributed by atoms with E-state index in [9.17, 15) is 18.3 Å². The monoisotopic (exact) mass is 566 g/mol. The SMILES string of the molecule is COc1ccc2nccc([C@@H](F)CC[C@@H]3CCN(CCCSc4cccc(OC(F)(F)F)c4)C[C@@H]3CO)c2c1. The van der Waals surface area contributed by atoms with Crippen molar-refractivity contribution in [1.29, 1.82) is 0 Å². The number of aliphatic hydroxyl groups excluding tert-OH is 1. The molecule has 1 aliphatic rings. The van der Waals surface area contributed by atoms with Gasteiger partial charge in [-0.05, 0) is 104 Å². The fraction of sp³-hybridized carbons (Fsp3) is 0.483. The van der Waals surface area contributed by atoms with Crippen molar-refractivity contribution in [3.05, 3.63) is 60.3 Å². The first kappa shape index (κ1) is 29.4. The molecule has 0 radical (unpaired) electrons. The molecule has 3 atom stereocenters. The van der Waals surface area contributed by atoms with Crippen molar-refractivity contribution in [1.82, 2.24) is 9.88 Å². The first-order valence-corrected chi connectivity index (χ1v) is 14.1. The number of likely N-dealkylation sites (tertiary alicyclic amines) is 1. The van der Waals surface area contributed by atoms with Gasteiger partial charge in [-0.2, -0.15) is 0 Å². The number of ether oxygens (including phenoxy) is 2. The predicted molar refractivity (Wildman–Crippen MR) is 145 cm³/mol. The molecule has 0 aliphatic carbocycles. The number of alkyl halides is 4. The summed E-state index contributed by atoms with van der Waals surface area (Å²) in [7, 11) is 1.58. The molecule has 1 N–H and O–H groups in total. The highest BCUT2D eigenvalue weighted by Gasteiger charge is 2.31. The third-order valence-corrected chi connectivity index (χ3v) is 8.33. The number of thioether (sulfide) groups is 1. The highest BCUT2D eigenvalue weighted by atomic mass is 32.2. The van der Waals surface area contributed by atoms with Crippen molar-refractivity contribution in [2.75, 3.05) is 39.1 Å². The number of aliphatic hydroxyl groups is 1. The molecule has 4 rings (SSSR count). The number of fused-ring (bicyclic) bond motifs is 1. The lowest BCUT2D eigenvalue weighted by Crippen LogP contribution is -2.42. The minimum atomic E-state index is -4.70. The summed E-state index contributed by atoms with van der Waals surface area (Å²) < 4.78 is 62.0. The van der Waals surface area contributed by atoms with Crippen molar-refractivity contribution < 1.29 is 32.1 Å². The summed E-state index contributed by atoms with van der Waals surface area (Å²) in [5.41, 5.74) is 1.35. The van der Waals surface area contributed by atoms with E-state index < -0.39 is 12.5 Å². The van der Waals surface area contributed by atoms with E-state index in [1.807, 2.05) is 18.2 Å². The summed E-state index contributed by atoms with van der Waals surface area (Å²) in [5, 5.41) is 10.8. The second-order valence-electron chi connectivity index (χ2n) is 9.84. The lowest BCUT2D eigenvalue weighted by molar-refractivity contribution is -0.274. The molecule has 5 nitrogen and oxygen atoms in total. The van der Waals surface area contributed by atoms with Gasteiger partial charge in [-0.15, -0.1) is 24.9 Å². The molecule has 1 fully saturated rings. The number of nitrogens with zero attached hydrogens (tertiary/aromatic N) is 2. The maximum atomic E-state index is 15.4. The quantitative estimate of drug-likeness (QED) is 0.144. The van der Waals surface area contributed by atoms with Crippen LogP contribution in [0.25, 0.3) is 10.9 Å². The van der Waals surface area contributed by atoms with Crippen LogP contribution in [0.2, 0.25) is 0 Å². The predicted octanol–water partition coefficient (Wildman–Crippen LogP) is 7.05. The Morgan fingerprint density at radius 2 is 1.97 bits per heavy atom. The Bertz CT molecular complexity index is 1210. The normalized spacial score (nSPS) is 19.2. The zero-order chi connectivity index (χ0) is 27.8. The molecule has 212 valence electrons. The van der Waals surface area contributed by atoms with Crippen LogP contribution in [0.15, 0.2) is 59.6 Å². The number of benzene rings is 2. The maximum absolute atomic E-state index is 15.4. The number of hydrogen-bond donors (Lipinski definition) is 1. The van der Waals surface area contributed by atoms with Crippen LogP contribution >= 0.6 is 11.8 Å². The maximum Gasteiger partial charge on any atom is 0.573 e. The van der Waals surface area contributed by atoms with Crippen LogP contribution in [0.3, 0.4) is 0 Å². The molecule has 3 aromatic rings. The Morgan fingerprint density at radius 3 is 2.74 bits per heavy atom. The van der Waals surface area contributed by atoms with Crippen LogP contribution in [-0.4, -0.2) is 60.5 Å². The van der Waals surface area contributed by atoms with Gasteiger partial charge in [0.05, 0.1) is 12.6 Å². The van der Waals surface area contributed by atoms with Gasteiger partial charge < -0.3 is 19.5 Å². The Balaban J connectivity index is 1.23. The van der Waals surface area contributed by atoms with E-state index in [1.54, 1.807) is 31.5 Å². The van der Waals surface area contributed by atoms with E-state index in [0.717, 1.165) is 54.0 Å². The summed E-state index contributed by atoms with van der Waals surface area (Å²) in [6.45, 7) is 2.54. The number of methoxy groups -OCH3 is 1. The van der Waals surface area contributed by atoms with E-state index in [2.05, 4.69) is 14.6 Å². The number of aromatic nitrogens is 1. The molecule has 39 heavy (non-hydrogen) atoms. The van der Waals surface area contributed by atoms with Gasteiger partial charge >= 0.3 is 6.36 Å². The van der Waals surface area contributed by atoms with Gasteiger partial charge in [-0.25, -0.2) is 4.39 Å². The van der Waals surface area contributed by atoms with Gasteiger partial charge in [-0.3, -0.25) is 4.98 Å². The number of rotatable bonds is 12. The van der Waals surface area contributed by atoms with Crippen molar-refractivity contribution in [3.8, 4) is 11.5 Å². The van der Waals surface area contributed by atoms with E-state index in [4.69, 9.17) is 4.74 Å². The molecule has 0 bridgehead atoms. The first-order valence-electron chi connectivity index (χ1n) is 13.1. The molecule has 0 amide bonds. The van der Waals surface area contributed by atoms with E-state index >= 15 is 4.39 Å². The Hall–Kier alpha value is -2.56. The standard InChI is InChI=1S/C29H34F4N2O3S/c1-37-22-7-9-28-26(17-22)25(10-12-34-28)27(30)8-6-20-11-14-35(18-21(20)19-36)13-3-15-39-24-5-2-4-23(16-24)38-29(31,32)33/h2,4-5,7,9-10,12,16-17,20-21,27,36H,3,6,8,11,13-15,18-19H2,1H3/t20-,21-,27+/m1/s1. The molecular formula is C29H34F4N2O3S. The van der Waals surface area contributed by atoms with Gasteiger partial charge in [0.1, 0.15) is 17.7 Å². The fourth-order valence-electron chi connectivity index (χ4n) is 5.25. The number of pyridine rings is 1. The van der Waals surface area contributed by atoms with Crippen LogP contribution in [0, 0.1) is 11.8 Å². The van der Waals surface area contributed by atoms with Gasteiger partial charge in [0.15, 0.2) is 0 Å². The zero-order valence-corrected chi connectivity index (χ0v) is 22.7. The molecule has 1 aliphatic heterocycles. The van der Waals surface area contributed by atoms with Crippen LogP contribution in [0.4, 0.5) is 17.6 Å². The van der Waals surface area contributed by atoms with E-state index in [0.29, 0.717) is 24.2 Å². The fourth-order valence-corrected chi connectivity index (χ4v) is 6.13. The Morgan fingerprint density at radius 1 is 1.13 bits per heavy atom. The lowest BCUT2D eigenvalue weighted by Gasteiger charge is -2.38. The molecule has 0 saturated carbocycles. The molecule has 2 heterocycles. The second kappa shape index (κ2) is 13.7. The van der Waals surface area contributed by atoms with Crippen molar-refractivity contribution in [2.45, 2.75) is 43.1 Å². The van der Waals surface area contributed by atoms with Crippen LogP contribution in [0.5, 0.6) is 11.5 Å². The first-order chi connectivity index (χ1) is 18.8. The molecule has 0 spiro atoms. The highest BCUT2D eigenvalue weighted by molar-refractivity contribution is 7.99. The summed E-state index contributed by atoms with van der Waals surface area (Å²) in [6, 6.07) is 13.2. The molecule has 1 saturated heterocycles. The summed E-state index contributed by atoms with van der Waals surface area (Å²) in [4.78, 5) is 7.38. The van der Waals surface area contributed by atoms with Crippen molar-refractivity contribution >= 4 is 22.7 Å². The van der Waals surface area contributed by atoms with Crippen molar-refractivity contribution in [2.24, 2.45) is 11.8 Å². The molecular weight excluding hydrogens is 532 g/mol. The third kappa shape index (κ3) is 8.46. The van der Waals surface area contributed by atoms with E-state index in [-0.39, 0.29) is 24.2 Å². The summed E-state index contributed by atoms with van der Waals surface area (Å²) in [5.74, 6) is 1.54. The number of piperidine rings is 1. The lowest BCUT2D eigenvalue weighted by atomic mass is 9.81. The summed E-state index contributed by atoms with van der Waals surface area (Å²) in [6.07, 6.45) is -1.36. The molecule has 10 heteroatoms. The third-order valence-electron chi connectivity index (χ3n) is 7.25. The van der Waals surface area contributed by atoms with Gasteiger partial charge in [0.2, 0.25) is 0 Å². The van der Waals surface area contributed by atoms with Crippen molar-refractivity contribution in [3.63, 3.8) is 0 Å². The summed E-state index contributed by atoms with van der Waals surface area (Å²) >= 11 is 1.49. The van der Waals surface area contributed by atoms with Gasteiger partial charge in [-0.1, -0.05) is 6.07 Å². The van der Waals surface area contributed by atoms with E-state index in [1.165, 1.54) is 23.9 Å². The number of halogens is 4. The smallest absolute Gasteiger partial charge is 0.497 e. The number of hydrogen-bond acceptors (Lipinski definition) is 6. The zero-order valence-electron chi connectivity index (χ0n) is 21.9. The van der Waals surface area contributed by atoms with Gasteiger partial charge in [0, 0.05) is 29.6 Å². The van der Waals surface area contributed by atoms with Crippen LogP contribution < -0.4 is 9.47 Å². The molecule has 1 aromatic heterocycles. The van der Waals surface area contributed by atoms with Crippen LogP contribution in [0.1, 0.15) is 37.4 Å². The largest absolute Gasteiger partial charge is 0.573 e. The Kier molecular flexibility index (Phi) is 10.3. The molecule has 2 aromatic carbocycles. The second-order valence-corrected chi connectivity index (χ2v) is 11.0. The van der Waals surface area contributed by atoms with Gasteiger partial charge in [0.25, 0.3) is 0 Å². The average Bonchev–Trinajstić information content (AvgIpc) is 2.93. The topological polar surface area (TPSA) is 54.8 Å². The minimum Gasteiger partial charge on any atom is -0.497 e. The highest BCUT2D eigenvalue weighted by Crippen LogP contribution is 2.35. The molecule has 0 unspecified atom stereocenters. The van der Waals surface area contributed by atoms with Crippen LogP contribution in [-0.2, 0) is 0 Å². The minimum absolute atomic E-state index is 0.0637. The Labute approximate surface area is 230 Å². The average molecular weight is 567 g/mol.